The van der Waals surface area contributed by atoms with E-state index in [2.05, 4.69) is 6.07 Å². The molecule has 0 heterocycles. The van der Waals surface area contributed by atoms with Gasteiger partial charge < -0.3 is 19.3 Å². The highest BCUT2D eigenvalue weighted by Gasteiger charge is 2.08. The Hall–Kier alpha value is -3.46. The number of hydrogen-bond acceptors (Lipinski definition) is 5. The Kier molecular flexibility index (Phi) is 6.02. The second kappa shape index (κ2) is 8.41. The van der Waals surface area contributed by atoms with Gasteiger partial charge in [-0.1, -0.05) is 12.1 Å². The summed E-state index contributed by atoms with van der Waals surface area (Å²) < 4.78 is 15.5. The standard InChI is InChI=1S/C19H17NO5/c1-23-17-8-5-14(10-18(17)24-2)15(11-20)9-13-3-6-16(7-4-13)25-12-19(21)22/h3-10H,12H2,1-2H3,(H,21,22). The third-order valence-corrected chi connectivity index (χ3v) is 3.37. The highest BCUT2D eigenvalue weighted by Crippen LogP contribution is 2.31. The van der Waals surface area contributed by atoms with Crippen molar-refractivity contribution in [1.82, 2.24) is 0 Å². The van der Waals surface area contributed by atoms with E-state index in [0.29, 0.717) is 28.4 Å². The molecule has 25 heavy (non-hydrogen) atoms. The zero-order chi connectivity index (χ0) is 18.2. The van der Waals surface area contributed by atoms with Crippen molar-refractivity contribution in [3.05, 3.63) is 53.6 Å². The van der Waals surface area contributed by atoms with Gasteiger partial charge in [-0.3, -0.25) is 0 Å². The lowest BCUT2D eigenvalue weighted by Crippen LogP contribution is -2.09. The molecular weight excluding hydrogens is 322 g/mol. The third-order valence-electron chi connectivity index (χ3n) is 3.37. The first-order valence-electron chi connectivity index (χ1n) is 7.36. The molecule has 6 heteroatoms. The average Bonchev–Trinajstić information content (AvgIpc) is 2.64. The van der Waals surface area contributed by atoms with Crippen LogP contribution in [0, 0.1) is 11.3 Å². The molecule has 2 aromatic carbocycles. The fourth-order valence-electron chi connectivity index (χ4n) is 2.16. The van der Waals surface area contributed by atoms with Crippen LogP contribution in [0.2, 0.25) is 0 Å². The first-order valence-corrected chi connectivity index (χ1v) is 7.36. The minimum atomic E-state index is -1.04. The molecule has 0 amide bonds. The van der Waals surface area contributed by atoms with Crippen LogP contribution in [0.25, 0.3) is 11.6 Å². The molecule has 6 nitrogen and oxygen atoms in total. The molecule has 2 aromatic rings. The number of rotatable bonds is 7. The van der Waals surface area contributed by atoms with Crippen LogP contribution in [-0.4, -0.2) is 31.9 Å². The molecule has 0 aliphatic carbocycles. The Morgan fingerprint density at radius 2 is 1.80 bits per heavy atom. The molecule has 1 N–H and O–H groups in total. The number of benzene rings is 2. The third kappa shape index (κ3) is 4.75. The molecular formula is C19H17NO5. The van der Waals surface area contributed by atoms with E-state index in [1.54, 1.807) is 55.7 Å². The molecule has 0 aliphatic heterocycles. The quantitative estimate of drug-likeness (QED) is 0.615. The van der Waals surface area contributed by atoms with E-state index in [-0.39, 0.29) is 0 Å². The van der Waals surface area contributed by atoms with Crippen LogP contribution in [0.5, 0.6) is 17.2 Å². The molecule has 0 bridgehead atoms. The van der Waals surface area contributed by atoms with Crippen molar-refractivity contribution in [1.29, 1.82) is 5.26 Å². The number of nitriles is 1. The van der Waals surface area contributed by atoms with Gasteiger partial charge in [0, 0.05) is 0 Å². The average molecular weight is 339 g/mol. The Bertz CT molecular complexity index is 819. The van der Waals surface area contributed by atoms with Gasteiger partial charge in [-0.25, -0.2) is 4.79 Å². The zero-order valence-electron chi connectivity index (χ0n) is 13.9. The molecule has 0 unspecified atom stereocenters. The van der Waals surface area contributed by atoms with Crippen LogP contribution in [0.4, 0.5) is 0 Å². The van der Waals surface area contributed by atoms with E-state index >= 15 is 0 Å². The van der Waals surface area contributed by atoms with Gasteiger partial charge >= 0.3 is 5.97 Å². The predicted molar refractivity (Wildman–Crippen MR) is 92.6 cm³/mol. The lowest BCUT2D eigenvalue weighted by Gasteiger charge is -2.09. The van der Waals surface area contributed by atoms with E-state index < -0.39 is 12.6 Å². The van der Waals surface area contributed by atoms with E-state index in [4.69, 9.17) is 19.3 Å². The number of carbonyl (C=O) groups is 1. The second-order valence-corrected chi connectivity index (χ2v) is 4.99. The maximum absolute atomic E-state index is 10.5. The van der Waals surface area contributed by atoms with Crippen LogP contribution in [-0.2, 0) is 4.79 Å². The van der Waals surface area contributed by atoms with Crippen molar-refractivity contribution in [2.45, 2.75) is 0 Å². The van der Waals surface area contributed by atoms with E-state index in [1.807, 2.05) is 0 Å². The Morgan fingerprint density at radius 1 is 1.12 bits per heavy atom. The van der Waals surface area contributed by atoms with E-state index in [1.165, 1.54) is 7.11 Å². The smallest absolute Gasteiger partial charge is 0.341 e. The lowest BCUT2D eigenvalue weighted by molar-refractivity contribution is -0.139. The Labute approximate surface area is 145 Å². The van der Waals surface area contributed by atoms with Crippen molar-refractivity contribution in [3.63, 3.8) is 0 Å². The van der Waals surface area contributed by atoms with Gasteiger partial charge in [0.1, 0.15) is 5.75 Å². The molecule has 2 rings (SSSR count). The van der Waals surface area contributed by atoms with Crippen LogP contribution in [0.15, 0.2) is 42.5 Å². The Morgan fingerprint density at radius 3 is 2.36 bits per heavy atom. The number of hydrogen-bond donors (Lipinski definition) is 1. The summed E-state index contributed by atoms with van der Waals surface area (Å²) in [6.45, 7) is -0.399. The van der Waals surface area contributed by atoms with Gasteiger partial charge in [0.15, 0.2) is 18.1 Å². The summed E-state index contributed by atoms with van der Waals surface area (Å²) in [6, 6.07) is 14.2. The maximum Gasteiger partial charge on any atom is 0.341 e. The summed E-state index contributed by atoms with van der Waals surface area (Å²) in [4.78, 5) is 10.5. The fraction of sp³-hybridized carbons (Fsp3) is 0.158. The fourth-order valence-corrected chi connectivity index (χ4v) is 2.16. The summed E-state index contributed by atoms with van der Waals surface area (Å²) in [5.74, 6) is 0.537. The number of methoxy groups -OCH3 is 2. The SMILES string of the molecule is COc1ccc(C(C#N)=Cc2ccc(OCC(=O)O)cc2)cc1OC. The predicted octanol–water partition coefficient (Wildman–Crippen LogP) is 3.23. The highest BCUT2D eigenvalue weighted by atomic mass is 16.5. The summed E-state index contributed by atoms with van der Waals surface area (Å²) in [7, 11) is 3.08. The largest absolute Gasteiger partial charge is 0.493 e. The molecule has 0 saturated carbocycles. The van der Waals surface area contributed by atoms with Gasteiger partial charge in [0.05, 0.1) is 25.9 Å². The van der Waals surface area contributed by atoms with Crippen molar-refractivity contribution >= 4 is 17.6 Å². The van der Waals surface area contributed by atoms with Crippen molar-refractivity contribution in [2.75, 3.05) is 20.8 Å². The van der Waals surface area contributed by atoms with Crippen molar-refractivity contribution in [2.24, 2.45) is 0 Å². The number of nitrogens with zero attached hydrogens (tertiary/aromatic N) is 1. The molecule has 0 spiro atoms. The molecule has 0 aromatic heterocycles. The van der Waals surface area contributed by atoms with Crippen molar-refractivity contribution in [3.8, 4) is 23.3 Å². The molecule has 0 aliphatic rings. The minimum Gasteiger partial charge on any atom is -0.493 e. The number of ether oxygens (including phenoxy) is 3. The van der Waals surface area contributed by atoms with E-state index in [9.17, 15) is 10.1 Å². The number of carboxylic acids is 1. The highest BCUT2D eigenvalue weighted by molar-refractivity contribution is 5.90. The first-order chi connectivity index (χ1) is 12.1. The number of allylic oxidation sites excluding steroid dienone is 1. The molecule has 128 valence electrons. The molecule has 0 saturated heterocycles. The summed E-state index contributed by atoms with van der Waals surface area (Å²) >= 11 is 0. The monoisotopic (exact) mass is 339 g/mol. The van der Waals surface area contributed by atoms with Gasteiger partial charge in [-0.15, -0.1) is 0 Å². The Balaban J connectivity index is 2.25. The van der Waals surface area contributed by atoms with Crippen LogP contribution < -0.4 is 14.2 Å². The maximum atomic E-state index is 10.5. The molecule has 0 fully saturated rings. The molecule has 0 atom stereocenters. The summed E-state index contributed by atoms with van der Waals surface area (Å²) in [6.07, 6.45) is 1.72. The minimum absolute atomic E-state index is 0.399. The van der Waals surface area contributed by atoms with E-state index in [0.717, 1.165) is 5.56 Å². The van der Waals surface area contributed by atoms with Gasteiger partial charge in [0.2, 0.25) is 0 Å². The number of carboxylic acid groups (broad SMARTS) is 1. The summed E-state index contributed by atoms with van der Waals surface area (Å²) in [5, 5.41) is 18.0. The second-order valence-electron chi connectivity index (χ2n) is 4.99. The van der Waals surface area contributed by atoms with Crippen LogP contribution in [0.1, 0.15) is 11.1 Å². The van der Waals surface area contributed by atoms with Crippen LogP contribution in [0.3, 0.4) is 0 Å². The van der Waals surface area contributed by atoms with Crippen LogP contribution >= 0.6 is 0 Å². The van der Waals surface area contributed by atoms with Gasteiger partial charge in [0.25, 0.3) is 0 Å². The zero-order valence-corrected chi connectivity index (χ0v) is 13.9. The first kappa shape index (κ1) is 17.9. The number of aliphatic carboxylic acids is 1. The summed E-state index contributed by atoms with van der Waals surface area (Å²) in [5.41, 5.74) is 1.94. The normalized spacial score (nSPS) is 10.7. The van der Waals surface area contributed by atoms with Gasteiger partial charge in [-0.05, 0) is 47.5 Å². The van der Waals surface area contributed by atoms with Crippen molar-refractivity contribution < 1.29 is 24.1 Å². The lowest BCUT2D eigenvalue weighted by atomic mass is 10.0. The van der Waals surface area contributed by atoms with Gasteiger partial charge in [-0.2, -0.15) is 5.26 Å². The molecule has 0 radical (unpaired) electrons. The topological polar surface area (TPSA) is 88.8 Å².